The van der Waals surface area contributed by atoms with Gasteiger partial charge in [0.2, 0.25) is 0 Å². The minimum Gasteiger partial charge on any atom is -0.382 e. The molecular formula is C17H17ClFN. The smallest absolute Gasteiger partial charge is 0.128 e. The summed E-state index contributed by atoms with van der Waals surface area (Å²) in [5.41, 5.74) is 2.89. The lowest BCUT2D eigenvalue weighted by Gasteiger charge is -2.37. The van der Waals surface area contributed by atoms with E-state index < -0.39 is 0 Å². The first kappa shape index (κ1) is 13.4. The SMILES string of the molecule is Cc1ccc(NC2CC(c3ccc(Cl)cc3)C2)cc1F. The lowest BCUT2D eigenvalue weighted by molar-refractivity contribution is 0.374. The van der Waals surface area contributed by atoms with E-state index in [4.69, 9.17) is 11.6 Å². The number of halogens is 2. The van der Waals surface area contributed by atoms with Gasteiger partial charge < -0.3 is 5.32 Å². The molecule has 1 aliphatic carbocycles. The Morgan fingerprint density at radius 3 is 2.45 bits per heavy atom. The van der Waals surface area contributed by atoms with Gasteiger partial charge in [0, 0.05) is 16.8 Å². The monoisotopic (exact) mass is 289 g/mol. The number of hydrogen-bond donors (Lipinski definition) is 1. The van der Waals surface area contributed by atoms with Gasteiger partial charge >= 0.3 is 0 Å². The molecule has 3 rings (SSSR count). The molecule has 1 fully saturated rings. The summed E-state index contributed by atoms with van der Waals surface area (Å²) in [6.07, 6.45) is 2.16. The van der Waals surface area contributed by atoms with Crippen molar-refractivity contribution in [3.05, 3.63) is 64.4 Å². The second-order valence-corrected chi connectivity index (χ2v) is 5.96. The van der Waals surface area contributed by atoms with E-state index in [-0.39, 0.29) is 5.82 Å². The number of benzene rings is 2. The van der Waals surface area contributed by atoms with Crippen LogP contribution in [-0.4, -0.2) is 6.04 Å². The minimum atomic E-state index is -0.149. The highest BCUT2D eigenvalue weighted by Gasteiger charge is 2.30. The van der Waals surface area contributed by atoms with Crippen molar-refractivity contribution >= 4 is 17.3 Å². The average Bonchev–Trinajstić information content (AvgIpc) is 2.39. The van der Waals surface area contributed by atoms with Crippen molar-refractivity contribution < 1.29 is 4.39 Å². The largest absolute Gasteiger partial charge is 0.382 e. The van der Waals surface area contributed by atoms with Crippen LogP contribution in [0.2, 0.25) is 5.02 Å². The summed E-state index contributed by atoms with van der Waals surface area (Å²) in [7, 11) is 0. The first-order chi connectivity index (χ1) is 9.61. The molecule has 0 saturated heterocycles. The second-order valence-electron chi connectivity index (χ2n) is 5.53. The molecule has 0 aliphatic heterocycles. The Labute approximate surface area is 123 Å². The highest BCUT2D eigenvalue weighted by Crippen LogP contribution is 2.38. The zero-order valence-electron chi connectivity index (χ0n) is 11.4. The number of nitrogens with one attached hydrogen (secondary N) is 1. The average molecular weight is 290 g/mol. The van der Waals surface area contributed by atoms with Crippen LogP contribution in [-0.2, 0) is 0 Å². The van der Waals surface area contributed by atoms with E-state index in [2.05, 4.69) is 17.4 Å². The van der Waals surface area contributed by atoms with Crippen LogP contribution >= 0.6 is 11.6 Å². The lowest BCUT2D eigenvalue weighted by Crippen LogP contribution is -2.34. The number of hydrogen-bond acceptors (Lipinski definition) is 1. The summed E-state index contributed by atoms with van der Waals surface area (Å²) >= 11 is 5.89. The van der Waals surface area contributed by atoms with Crippen LogP contribution in [0.15, 0.2) is 42.5 Å². The van der Waals surface area contributed by atoms with Crippen molar-refractivity contribution in [2.24, 2.45) is 0 Å². The van der Waals surface area contributed by atoms with Crippen LogP contribution in [0.25, 0.3) is 0 Å². The molecule has 1 N–H and O–H groups in total. The maximum absolute atomic E-state index is 13.5. The molecule has 0 unspecified atom stereocenters. The van der Waals surface area contributed by atoms with E-state index >= 15 is 0 Å². The van der Waals surface area contributed by atoms with Gasteiger partial charge in [0.1, 0.15) is 5.82 Å². The van der Waals surface area contributed by atoms with Crippen molar-refractivity contribution in [1.82, 2.24) is 0 Å². The molecular weight excluding hydrogens is 273 g/mol. The molecule has 3 heteroatoms. The fourth-order valence-corrected chi connectivity index (χ4v) is 2.79. The van der Waals surface area contributed by atoms with E-state index in [1.807, 2.05) is 24.3 Å². The predicted molar refractivity (Wildman–Crippen MR) is 82.0 cm³/mol. The molecule has 104 valence electrons. The normalized spacial score (nSPS) is 21.4. The van der Waals surface area contributed by atoms with Crippen molar-refractivity contribution in [3.63, 3.8) is 0 Å². The van der Waals surface area contributed by atoms with Gasteiger partial charge in [-0.2, -0.15) is 0 Å². The van der Waals surface area contributed by atoms with E-state index in [1.54, 1.807) is 13.0 Å². The highest BCUT2D eigenvalue weighted by molar-refractivity contribution is 6.30. The minimum absolute atomic E-state index is 0.149. The summed E-state index contributed by atoms with van der Waals surface area (Å²) in [6.45, 7) is 1.78. The molecule has 0 radical (unpaired) electrons. The van der Waals surface area contributed by atoms with Gasteiger partial charge in [0.05, 0.1) is 0 Å². The molecule has 2 aromatic carbocycles. The third-order valence-electron chi connectivity index (χ3n) is 4.02. The van der Waals surface area contributed by atoms with E-state index in [9.17, 15) is 4.39 Å². The quantitative estimate of drug-likeness (QED) is 0.824. The highest BCUT2D eigenvalue weighted by atomic mass is 35.5. The van der Waals surface area contributed by atoms with Crippen LogP contribution in [0.1, 0.15) is 29.9 Å². The molecule has 0 heterocycles. The first-order valence-electron chi connectivity index (χ1n) is 6.90. The lowest BCUT2D eigenvalue weighted by atomic mass is 9.76. The van der Waals surface area contributed by atoms with Crippen LogP contribution in [0.4, 0.5) is 10.1 Å². The third kappa shape index (κ3) is 2.80. The van der Waals surface area contributed by atoms with Gasteiger partial charge in [-0.1, -0.05) is 29.8 Å². The molecule has 0 bridgehead atoms. The zero-order chi connectivity index (χ0) is 14.1. The molecule has 1 aliphatic rings. The first-order valence-corrected chi connectivity index (χ1v) is 7.28. The Morgan fingerprint density at radius 1 is 1.10 bits per heavy atom. The predicted octanol–water partition coefficient (Wildman–Crippen LogP) is 5.15. The number of aryl methyl sites for hydroxylation is 1. The van der Waals surface area contributed by atoms with Gasteiger partial charge in [0.15, 0.2) is 0 Å². The van der Waals surface area contributed by atoms with Crippen LogP contribution < -0.4 is 5.32 Å². The van der Waals surface area contributed by atoms with Crippen LogP contribution in [0, 0.1) is 12.7 Å². The standard InChI is InChI=1S/C17H17ClFN/c1-11-2-7-15(10-17(11)19)20-16-8-13(9-16)12-3-5-14(18)6-4-12/h2-7,10,13,16,20H,8-9H2,1H3. The third-order valence-corrected chi connectivity index (χ3v) is 4.27. The molecule has 1 nitrogen and oxygen atoms in total. The molecule has 0 amide bonds. The summed E-state index contributed by atoms with van der Waals surface area (Å²) in [5, 5.41) is 4.17. The Kier molecular flexibility index (Phi) is 3.66. The zero-order valence-corrected chi connectivity index (χ0v) is 12.1. The number of anilines is 1. The van der Waals surface area contributed by atoms with Gasteiger partial charge in [-0.05, 0) is 61.1 Å². The second kappa shape index (κ2) is 5.45. The van der Waals surface area contributed by atoms with Crippen molar-refractivity contribution in [3.8, 4) is 0 Å². The molecule has 0 atom stereocenters. The topological polar surface area (TPSA) is 12.0 Å². The van der Waals surface area contributed by atoms with Gasteiger partial charge in [-0.15, -0.1) is 0 Å². The summed E-state index contributed by atoms with van der Waals surface area (Å²) in [4.78, 5) is 0. The van der Waals surface area contributed by atoms with E-state index in [0.29, 0.717) is 17.5 Å². The molecule has 0 spiro atoms. The maximum atomic E-state index is 13.5. The summed E-state index contributed by atoms with van der Waals surface area (Å²) in [6, 6.07) is 13.8. The fourth-order valence-electron chi connectivity index (χ4n) is 2.66. The fraction of sp³-hybridized carbons (Fsp3) is 0.294. The van der Waals surface area contributed by atoms with Crippen LogP contribution in [0.5, 0.6) is 0 Å². The van der Waals surface area contributed by atoms with E-state index in [1.165, 1.54) is 5.56 Å². The molecule has 1 saturated carbocycles. The summed E-state index contributed by atoms with van der Waals surface area (Å²) < 4.78 is 13.5. The van der Waals surface area contributed by atoms with Gasteiger partial charge in [-0.3, -0.25) is 0 Å². The van der Waals surface area contributed by atoms with Crippen molar-refractivity contribution in [2.45, 2.75) is 31.7 Å². The van der Waals surface area contributed by atoms with Crippen LogP contribution in [0.3, 0.4) is 0 Å². The summed E-state index contributed by atoms with van der Waals surface area (Å²) in [5.74, 6) is 0.434. The van der Waals surface area contributed by atoms with Crippen molar-refractivity contribution in [2.75, 3.05) is 5.32 Å². The Hall–Kier alpha value is -1.54. The van der Waals surface area contributed by atoms with E-state index in [0.717, 1.165) is 23.6 Å². The Balaban J connectivity index is 1.58. The molecule has 20 heavy (non-hydrogen) atoms. The Morgan fingerprint density at radius 2 is 1.80 bits per heavy atom. The van der Waals surface area contributed by atoms with Gasteiger partial charge in [0.25, 0.3) is 0 Å². The maximum Gasteiger partial charge on any atom is 0.128 e. The molecule has 0 aromatic heterocycles. The Bertz CT molecular complexity index is 603. The van der Waals surface area contributed by atoms with Crippen molar-refractivity contribution in [1.29, 1.82) is 0 Å². The number of rotatable bonds is 3. The molecule has 2 aromatic rings. The van der Waals surface area contributed by atoms with Gasteiger partial charge in [-0.25, -0.2) is 4.39 Å².